The third-order valence-electron chi connectivity index (χ3n) is 3.89. The molecule has 140 valence electrons. The zero-order chi connectivity index (χ0) is 19.7. The van der Waals surface area contributed by atoms with Crippen molar-refractivity contribution in [3.05, 3.63) is 68.2 Å². The second-order valence-electron chi connectivity index (χ2n) is 5.74. The van der Waals surface area contributed by atoms with E-state index in [1.165, 1.54) is 17.7 Å². The summed E-state index contributed by atoms with van der Waals surface area (Å²) in [7, 11) is 3.06. The minimum Gasteiger partial charge on any atom is -0.495 e. The smallest absolute Gasteiger partial charge is 0.267 e. The number of halogens is 3. The van der Waals surface area contributed by atoms with Crippen LogP contribution in [0.1, 0.15) is 0 Å². The van der Waals surface area contributed by atoms with Crippen LogP contribution < -0.4 is 20.8 Å². The van der Waals surface area contributed by atoms with Gasteiger partial charge in [0.25, 0.3) is 5.56 Å². The Morgan fingerprint density at radius 1 is 1.07 bits per heavy atom. The fourth-order valence-corrected chi connectivity index (χ4v) is 3.49. The van der Waals surface area contributed by atoms with Crippen LogP contribution in [0.3, 0.4) is 0 Å². The van der Waals surface area contributed by atoms with Crippen LogP contribution in [0.25, 0.3) is 11.1 Å². The Morgan fingerprint density at radius 2 is 1.78 bits per heavy atom. The number of nitrogen functional groups attached to an aromatic ring is 1. The molecule has 0 radical (unpaired) electrons. The van der Waals surface area contributed by atoms with Crippen LogP contribution in [-0.2, 0) is 7.05 Å². The van der Waals surface area contributed by atoms with Gasteiger partial charge in [-0.2, -0.15) is 0 Å². The van der Waals surface area contributed by atoms with E-state index in [1.807, 2.05) is 22.6 Å². The predicted molar refractivity (Wildman–Crippen MR) is 107 cm³/mol. The molecular formula is C19H15F2IN2O3. The molecule has 0 aliphatic carbocycles. The van der Waals surface area contributed by atoms with Crippen molar-refractivity contribution in [3.63, 3.8) is 0 Å². The number of aromatic nitrogens is 1. The van der Waals surface area contributed by atoms with E-state index in [0.717, 1.165) is 12.1 Å². The average molecular weight is 484 g/mol. The van der Waals surface area contributed by atoms with Crippen molar-refractivity contribution in [2.45, 2.75) is 0 Å². The molecule has 0 aliphatic rings. The topological polar surface area (TPSA) is 66.5 Å². The molecule has 3 aromatic rings. The van der Waals surface area contributed by atoms with Crippen LogP contribution in [0.5, 0.6) is 17.2 Å². The lowest BCUT2D eigenvalue weighted by molar-refractivity contribution is 0.410. The van der Waals surface area contributed by atoms with Crippen molar-refractivity contribution in [1.82, 2.24) is 4.57 Å². The lowest BCUT2D eigenvalue weighted by Gasteiger charge is -2.17. The van der Waals surface area contributed by atoms with Gasteiger partial charge in [-0.25, -0.2) is 8.78 Å². The van der Waals surface area contributed by atoms with Gasteiger partial charge < -0.3 is 19.8 Å². The van der Waals surface area contributed by atoms with E-state index in [-0.39, 0.29) is 17.1 Å². The number of hydrogen-bond acceptors (Lipinski definition) is 4. The zero-order valence-corrected chi connectivity index (χ0v) is 16.6. The van der Waals surface area contributed by atoms with Crippen LogP contribution >= 0.6 is 22.6 Å². The van der Waals surface area contributed by atoms with E-state index in [1.54, 1.807) is 31.4 Å². The quantitative estimate of drug-likeness (QED) is 0.443. The van der Waals surface area contributed by atoms with Crippen molar-refractivity contribution >= 4 is 28.3 Å². The van der Waals surface area contributed by atoms with Crippen molar-refractivity contribution in [2.75, 3.05) is 12.8 Å². The first kappa shape index (κ1) is 19.2. The summed E-state index contributed by atoms with van der Waals surface area (Å²) in [6.07, 6.45) is 1.59. The van der Waals surface area contributed by atoms with Gasteiger partial charge in [0.1, 0.15) is 20.9 Å². The highest BCUT2D eigenvalue weighted by atomic mass is 127. The number of rotatable bonds is 4. The Kier molecular flexibility index (Phi) is 5.36. The summed E-state index contributed by atoms with van der Waals surface area (Å²) in [6, 6.07) is 7.85. The Balaban J connectivity index is 2.20. The standard InChI is InChI=1S/C19H15F2IN2O3/c1-24-9-13(18(26-2)17(22)19(24)25)12-8-11(23)4-6-15(12)27-16-5-3-10(20)7-14(16)21/h3-9H,23H2,1-2H3. The van der Waals surface area contributed by atoms with E-state index in [4.69, 9.17) is 15.2 Å². The number of nitrogens with zero attached hydrogens (tertiary/aromatic N) is 1. The molecule has 1 aromatic heterocycles. The van der Waals surface area contributed by atoms with Gasteiger partial charge in [-0.1, -0.05) is 0 Å². The maximum Gasteiger partial charge on any atom is 0.267 e. The molecule has 0 saturated carbocycles. The highest BCUT2D eigenvalue weighted by Crippen LogP contribution is 2.40. The van der Waals surface area contributed by atoms with Crippen LogP contribution in [-0.4, -0.2) is 11.7 Å². The maximum atomic E-state index is 14.0. The molecule has 0 aliphatic heterocycles. The molecule has 0 atom stereocenters. The Labute approximate surface area is 167 Å². The van der Waals surface area contributed by atoms with Gasteiger partial charge in [-0.05, 0) is 52.9 Å². The van der Waals surface area contributed by atoms with Crippen LogP contribution in [0.15, 0.2) is 47.4 Å². The second kappa shape index (κ2) is 7.55. The summed E-state index contributed by atoms with van der Waals surface area (Å²) >= 11 is 1.90. The molecule has 0 unspecified atom stereocenters. The van der Waals surface area contributed by atoms with Gasteiger partial charge in [0.15, 0.2) is 11.6 Å². The van der Waals surface area contributed by atoms with Gasteiger partial charge in [-0.15, -0.1) is 0 Å². The van der Waals surface area contributed by atoms with E-state index < -0.39 is 11.6 Å². The normalized spacial score (nSPS) is 10.7. The fourth-order valence-electron chi connectivity index (χ4n) is 2.60. The molecule has 27 heavy (non-hydrogen) atoms. The van der Waals surface area contributed by atoms with Gasteiger partial charge >= 0.3 is 0 Å². The third-order valence-corrected chi connectivity index (χ3v) is 4.84. The Hall–Kier alpha value is -2.62. The molecule has 0 saturated heterocycles. The van der Waals surface area contributed by atoms with Crippen LogP contribution in [0, 0.1) is 15.2 Å². The van der Waals surface area contributed by atoms with Crippen molar-refractivity contribution in [1.29, 1.82) is 0 Å². The number of pyridine rings is 1. The number of hydrogen-bond donors (Lipinski definition) is 1. The minimum absolute atomic E-state index is 0.138. The van der Waals surface area contributed by atoms with Gasteiger partial charge in [0, 0.05) is 36.1 Å². The van der Waals surface area contributed by atoms with E-state index in [0.29, 0.717) is 26.1 Å². The number of nitrogens with two attached hydrogens (primary N) is 1. The van der Waals surface area contributed by atoms with E-state index in [9.17, 15) is 13.6 Å². The Bertz CT molecular complexity index is 1080. The molecule has 0 amide bonds. The van der Waals surface area contributed by atoms with Crippen molar-refractivity contribution < 1.29 is 18.3 Å². The summed E-state index contributed by atoms with van der Waals surface area (Å²) in [6.45, 7) is 0. The summed E-state index contributed by atoms with van der Waals surface area (Å²) in [5, 5.41) is 0. The highest BCUT2D eigenvalue weighted by Gasteiger charge is 2.19. The monoisotopic (exact) mass is 484 g/mol. The molecule has 2 N–H and O–H groups in total. The number of ether oxygens (including phenoxy) is 2. The lowest BCUT2D eigenvalue weighted by Crippen LogP contribution is -2.20. The summed E-state index contributed by atoms with van der Waals surface area (Å²) in [4.78, 5) is 12.2. The molecule has 0 fully saturated rings. The Morgan fingerprint density at radius 3 is 2.44 bits per heavy atom. The van der Waals surface area contributed by atoms with Gasteiger partial charge in [0.2, 0.25) is 0 Å². The van der Waals surface area contributed by atoms with Crippen molar-refractivity contribution in [2.24, 2.45) is 7.05 Å². The molecule has 3 rings (SSSR count). The number of aryl methyl sites for hydroxylation is 1. The molecule has 1 heterocycles. The molecule has 8 heteroatoms. The third kappa shape index (κ3) is 3.75. The van der Waals surface area contributed by atoms with Gasteiger partial charge in [-0.3, -0.25) is 4.79 Å². The average Bonchev–Trinajstić information content (AvgIpc) is 2.63. The van der Waals surface area contributed by atoms with Gasteiger partial charge in [0.05, 0.1) is 7.11 Å². The maximum absolute atomic E-state index is 14.0. The summed E-state index contributed by atoms with van der Waals surface area (Å²) in [5.74, 6) is -1.04. The van der Waals surface area contributed by atoms with E-state index in [2.05, 4.69) is 0 Å². The van der Waals surface area contributed by atoms with Crippen molar-refractivity contribution in [3.8, 4) is 28.4 Å². The number of benzene rings is 2. The molecule has 0 spiro atoms. The number of anilines is 1. The SMILES string of the molecule is COc1c(-c2cc(N)ccc2Oc2ccc(F)cc2F)cn(C)c(=O)c1I. The molecule has 2 aromatic carbocycles. The molecule has 5 nitrogen and oxygen atoms in total. The first-order valence-electron chi connectivity index (χ1n) is 7.77. The summed E-state index contributed by atoms with van der Waals surface area (Å²) in [5.41, 5.74) is 7.20. The number of methoxy groups -OCH3 is 1. The fraction of sp³-hybridized carbons (Fsp3) is 0.105. The largest absolute Gasteiger partial charge is 0.495 e. The minimum atomic E-state index is -0.834. The first-order chi connectivity index (χ1) is 12.8. The highest BCUT2D eigenvalue weighted by molar-refractivity contribution is 14.1. The van der Waals surface area contributed by atoms with E-state index >= 15 is 0 Å². The zero-order valence-electron chi connectivity index (χ0n) is 14.4. The van der Waals surface area contributed by atoms with Crippen LogP contribution in [0.4, 0.5) is 14.5 Å². The molecular weight excluding hydrogens is 469 g/mol. The molecule has 0 bridgehead atoms. The lowest BCUT2D eigenvalue weighted by atomic mass is 10.0. The van der Waals surface area contributed by atoms with Crippen LogP contribution in [0.2, 0.25) is 0 Å². The summed E-state index contributed by atoms with van der Waals surface area (Å²) < 4.78 is 40.0. The predicted octanol–water partition coefficient (Wildman–Crippen LogP) is 4.32. The second-order valence-corrected chi connectivity index (χ2v) is 6.82. The first-order valence-corrected chi connectivity index (χ1v) is 8.85.